The maximum Gasteiger partial charge on any atom is 0.262 e. The second-order valence-electron chi connectivity index (χ2n) is 5.76. The maximum atomic E-state index is 12.2. The summed E-state index contributed by atoms with van der Waals surface area (Å²) in [7, 11) is 0. The number of hydrogen-bond acceptors (Lipinski definition) is 4. The van der Waals surface area contributed by atoms with Crippen LogP contribution in [0.25, 0.3) is 10.2 Å². The molecule has 6 heteroatoms. The van der Waals surface area contributed by atoms with Crippen molar-refractivity contribution in [2.75, 3.05) is 0 Å². The molecule has 1 N–H and O–H groups in total. The largest absolute Gasteiger partial charge is 0.352 e. The van der Waals surface area contributed by atoms with Crippen molar-refractivity contribution in [1.29, 1.82) is 0 Å². The van der Waals surface area contributed by atoms with E-state index in [1.807, 2.05) is 12.3 Å². The fraction of sp³-hybridized carbons (Fsp3) is 0.533. The summed E-state index contributed by atoms with van der Waals surface area (Å²) in [6, 6.07) is 1.86. The van der Waals surface area contributed by atoms with Crippen LogP contribution in [0, 0.1) is 5.92 Å². The van der Waals surface area contributed by atoms with Crippen LogP contribution in [-0.2, 0) is 11.3 Å². The highest BCUT2D eigenvalue weighted by molar-refractivity contribution is 7.16. The first-order valence-electron chi connectivity index (χ1n) is 7.19. The van der Waals surface area contributed by atoms with E-state index in [0.717, 1.165) is 12.8 Å². The number of thiophene rings is 1. The Morgan fingerprint density at radius 2 is 2.14 bits per heavy atom. The van der Waals surface area contributed by atoms with Crippen molar-refractivity contribution in [2.24, 2.45) is 5.92 Å². The smallest absolute Gasteiger partial charge is 0.262 e. The van der Waals surface area contributed by atoms with E-state index in [1.165, 1.54) is 22.2 Å². The highest BCUT2D eigenvalue weighted by Gasteiger charge is 2.11. The molecule has 0 saturated carbocycles. The van der Waals surface area contributed by atoms with Crippen LogP contribution in [0.3, 0.4) is 0 Å². The third kappa shape index (κ3) is 4.14. The van der Waals surface area contributed by atoms with Gasteiger partial charge in [0.05, 0.1) is 11.7 Å². The number of aromatic nitrogens is 2. The molecule has 2 rings (SSSR count). The number of fused-ring (bicyclic) bond motifs is 1. The molecule has 2 aromatic heterocycles. The highest BCUT2D eigenvalue weighted by atomic mass is 32.1. The fourth-order valence-corrected chi connectivity index (χ4v) is 2.86. The Balaban J connectivity index is 1.98. The molecule has 0 bridgehead atoms. The van der Waals surface area contributed by atoms with Gasteiger partial charge in [-0.25, -0.2) is 4.98 Å². The van der Waals surface area contributed by atoms with Crippen molar-refractivity contribution < 1.29 is 4.79 Å². The van der Waals surface area contributed by atoms with Gasteiger partial charge in [0, 0.05) is 6.04 Å². The maximum absolute atomic E-state index is 12.2. The van der Waals surface area contributed by atoms with Gasteiger partial charge >= 0.3 is 0 Å². The molecule has 114 valence electrons. The predicted molar refractivity (Wildman–Crippen MR) is 85.6 cm³/mol. The third-order valence-corrected chi connectivity index (χ3v) is 4.17. The van der Waals surface area contributed by atoms with Crippen molar-refractivity contribution in [2.45, 2.75) is 46.2 Å². The quantitative estimate of drug-likeness (QED) is 0.891. The first-order chi connectivity index (χ1) is 9.97. The summed E-state index contributed by atoms with van der Waals surface area (Å²) < 4.78 is 1.36. The van der Waals surface area contributed by atoms with Crippen molar-refractivity contribution in [1.82, 2.24) is 14.9 Å². The Labute approximate surface area is 128 Å². The van der Waals surface area contributed by atoms with Crippen LogP contribution in [-0.4, -0.2) is 21.5 Å². The number of carbonyl (C=O) groups excluding carboxylic acids is 1. The van der Waals surface area contributed by atoms with E-state index in [4.69, 9.17) is 0 Å². The molecule has 5 nitrogen and oxygen atoms in total. The minimum atomic E-state index is -0.161. The summed E-state index contributed by atoms with van der Waals surface area (Å²) in [5, 5.41) is 5.33. The van der Waals surface area contributed by atoms with E-state index in [2.05, 4.69) is 24.1 Å². The molecular weight excluding hydrogens is 286 g/mol. The van der Waals surface area contributed by atoms with Gasteiger partial charge in [-0.15, -0.1) is 11.3 Å². The van der Waals surface area contributed by atoms with Crippen molar-refractivity contribution in [3.63, 3.8) is 0 Å². The molecule has 1 amide bonds. The van der Waals surface area contributed by atoms with E-state index < -0.39 is 0 Å². The zero-order valence-electron chi connectivity index (χ0n) is 12.6. The molecule has 21 heavy (non-hydrogen) atoms. The van der Waals surface area contributed by atoms with Gasteiger partial charge in [-0.3, -0.25) is 14.2 Å². The lowest BCUT2D eigenvalue weighted by Crippen LogP contribution is -2.37. The summed E-state index contributed by atoms with van der Waals surface area (Å²) in [5.74, 6) is 0.474. The van der Waals surface area contributed by atoms with Gasteiger partial charge in [0.2, 0.25) is 5.91 Å². The molecule has 0 spiro atoms. The highest BCUT2D eigenvalue weighted by Crippen LogP contribution is 2.13. The van der Waals surface area contributed by atoms with Gasteiger partial charge in [0.1, 0.15) is 11.4 Å². The van der Waals surface area contributed by atoms with Gasteiger partial charge < -0.3 is 5.32 Å². The molecular formula is C15H21N3O2S. The summed E-state index contributed by atoms with van der Waals surface area (Å²) in [4.78, 5) is 29.1. The lowest BCUT2D eigenvalue weighted by atomic mass is 10.0. The molecule has 0 fully saturated rings. The third-order valence-electron chi connectivity index (χ3n) is 3.35. The number of amides is 1. The molecule has 2 aromatic rings. The van der Waals surface area contributed by atoms with Crippen LogP contribution in [0.4, 0.5) is 0 Å². The topological polar surface area (TPSA) is 64.0 Å². The average Bonchev–Trinajstić information content (AvgIpc) is 2.89. The van der Waals surface area contributed by atoms with Crippen LogP contribution >= 0.6 is 11.3 Å². The average molecular weight is 307 g/mol. The SMILES string of the molecule is CC(C)CC[C@H](C)NC(=O)Cn1cnc2sccc2c1=O. The molecule has 0 aromatic carbocycles. The fourth-order valence-electron chi connectivity index (χ4n) is 2.14. The van der Waals surface area contributed by atoms with Gasteiger partial charge in [-0.05, 0) is 37.1 Å². The van der Waals surface area contributed by atoms with E-state index in [1.54, 1.807) is 6.07 Å². The number of nitrogens with one attached hydrogen (secondary N) is 1. The molecule has 0 aliphatic heterocycles. The first-order valence-corrected chi connectivity index (χ1v) is 8.07. The lowest BCUT2D eigenvalue weighted by Gasteiger charge is -2.15. The minimum absolute atomic E-state index is 0.0175. The van der Waals surface area contributed by atoms with Gasteiger partial charge in [-0.1, -0.05) is 13.8 Å². The normalized spacial score (nSPS) is 12.8. The van der Waals surface area contributed by atoms with Crippen molar-refractivity contribution >= 4 is 27.5 Å². The molecule has 1 atom stereocenters. The van der Waals surface area contributed by atoms with Crippen molar-refractivity contribution in [3.8, 4) is 0 Å². The zero-order chi connectivity index (χ0) is 15.4. The van der Waals surface area contributed by atoms with Crippen molar-refractivity contribution in [3.05, 3.63) is 28.1 Å². The van der Waals surface area contributed by atoms with E-state index in [9.17, 15) is 9.59 Å². The van der Waals surface area contributed by atoms with Crippen LogP contribution in [0.2, 0.25) is 0 Å². The Morgan fingerprint density at radius 3 is 2.86 bits per heavy atom. The van der Waals surface area contributed by atoms with Gasteiger partial charge in [0.15, 0.2) is 0 Å². The van der Waals surface area contributed by atoms with Crippen LogP contribution in [0.15, 0.2) is 22.6 Å². The Hall–Kier alpha value is -1.69. The summed E-state index contributed by atoms with van der Waals surface area (Å²) in [5.41, 5.74) is -0.161. The van der Waals surface area contributed by atoms with E-state index in [0.29, 0.717) is 16.1 Å². The number of hydrogen-bond donors (Lipinski definition) is 1. The van der Waals surface area contributed by atoms with Crippen LogP contribution < -0.4 is 10.9 Å². The molecule has 0 saturated heterocycles. The number of nitrogens with zero attached hydrogens (tertiary/aromatic N) is 2. The molecule has 0 aliphatic carbocycles. The van der Waals surface area contributed by atoms with Crippen LogP contribution in [0.1, 0.15) is 33.6 Å². The number of carbonyl (C=O) groups is 1. The Bertz CT molecular complexity index is 675. The van der Waals surface area contributed by atoms with E-state index >= 15 is 0 Å². The Kier molecular flexibility index (Phi) is 5.12. The lowest BCUT2D eigenvalue weighted by molar-refractivity contribution is -0.122. The van der Waals surface area contributed by atoms with Gasteiger partial charge in [-0.2, -0.15) is 0 Å². The predicted octanol–water partition coefficient (Wildman–Crippen LogP) is 2.40. The molecule has 0 unspecified atom stereocenters. The second kappa shape index (κ2) is 6.85. The summed E-state index contributed by atoms with van der Waals surface area (Å²) in [6.07, 6.45) is 3.46. The minimum Gasteiger partial charge on any atom is -0.352 e. The van der Waals surface area contributed by atoms with Gasteiger partial charge in [0.25, 0.3) is 5.56 Å². The monoisotopic (exact) mass is 307 g/mol. The van der Waals surface area contributed by atoms with Crippen LogP contribution in [0.5, 0.6) is 0 Å². The second-order valence-corrected chi connectivity index (χ2v) is 6.65. The standard InChI is InChI=1S/C15H21N3O2S/c1-10(2)4-5-11(3)17-13(19)8-18-9-16-14-12(15(18)20)6-7-21-14/h6-7,9-11H,4-5,8H2,1-3H3,(H,17,19)/t11-/m0/s1. The summed E-state index contributed by atoms with van der Waals surface area (Å²) in [6.45, 7) is 6.33. The summed E-state index contributed by atoms with van der Waals surface area (Å²) >= 11 is 1.42. The van der Waals surface area contributed by atoms with E-state index in [-0.39, 0.29) is 24.1 Å². The first kappa shape index (κ1) is 15.7. The Morgan fingerprint density at radius 1 is 1.38 bits per heavy atom. The zero-order valence-corrected chi connectivity index (χ0v) is 13.4. The molecule has 2 heterocycles. The number of rotatable bonds is 6. The molecule has 0 radical (unpaired) electrons. The molecule has 0 aliphatic rings.